The maximum Gasteiger partial charge on any atom is 0.161 e. The van der Waals surface area contributed by atoms with E-state index in [1.165, 1.54) is 5.57 Å². The van der Waals surface area contributed by atoms with Crippen molar-refractivity contribution in [1.82, 2.24) is 0 Å². The second kappa shape index (κ2) is 4.35. The van der Waals surface area contributed by atoms with Crippen molar-refractivity contribution in [2.24, 2.45) is 0 Å². The molecule has 1 fully saturated rings. The molecule has 0 amide bonds. The first kappa shape index (κ1) is 8.54. The van der Waals surface area contributed by atoms with Crippen molar-refractivity contribution in [2.45, 2.75) is 26.6 Å². The predicted molar refractivity (Wildman–Crippen MR) is 43.3 cm³/mol. The summed E-state index contributed by atoms with van der Waals surface area (Å²) < 4.78 is 10.5. The fourth-order valence-electron chi connectivity index (χ4n) is 0.903. The van der Waals surface area contributed by atoms with Crippen LogP contribution in [-0.4, -0.2) is 19.5 Å². The molecule has 1 rings (SSSR count). The van der Waals surface area contributed by atoms with Gasteiger partial charge in [0.15, 0.2) is 6.29 Å². The summed E-state index contributed by atoms with van der Waals surface area (Å²) in [5.74, 6) is 0. The van der Waals surface area contributed by atoms with Gasteiger partial charge in [-0.05, 0) is 25.5 Å². The van der Waals surface area contributed by atoms with E-state index in [0.717, 1.165) is 19.6 Å². The van der Waals surface area contributed by atoms with Gasteiger partial charge in [-0.3, -0.25) is 0 Å². The van der Waals surface area contributed by atoms with Gasteiger partial charge in [-0.2, -0.15) is 0 Å². The predicted octanol–water partition coefficient (Wildman–Crippen LogP) is 1.87. The maximum atomic E-state index is 5.23. The summed E-state index contributed by atoms with van der Waals surface area (Å²) in [5, 5.41) is 0. The largest absolute Gasteiger partial charge is 0.350 e. The Hall–Kier alpha value is -0.560. The molecule has 2 nitrogen and oxygen atoms in total. The molecule has 0 unspecified atom stereocenters. The summed E-state index contributed by atoms with van der Waals surface area (Å²) >= 11 is 0. The zero-order chi connectivity index (χ0) is 8.10. The molecule has 0 radical (unpaired) electrons. The van der Waals surface area contributed by atoms with E-state index in [1.807, 2.05) is 19.9 Å². The zero-order valence-electron chi connectivity index (χ0n) is 7.09. The lowest BCUT2D eigenvalue weighted by molar-refractivity contribution is -0.0380. The van der Waals surface area contributed by atoms with Crippen molar-refractivity contribution in [1.29, 1.82) is 0 Å². The van der Waals surface area contributed by atoms with Gasteiger partial charge < -0.3 is 9.47 Å². The smallest absolute Gasteiger partial charge is 0.161 e. The maximum absolute atomic E-state index is 5.23. The minimum Gasteiger partial charge on any atom is -0.350 e. The van der Waals surface area contributed by atoms with E-state index in [0.29, 0.717) is 0 Å². The van der Waals surface area contributed by atoms with E-state index in [9.17, 15) is 0 Å². The highest BCUT2D eigenvalue weighted by Crippen LogP contribution is 2.07. The van der Waals surface area contributed by atoms with Gasteiger partial charge in [-0.1, -0.05) is 0 Å². The van der Waals surface area contributed by atoms with Crippen molar-refractivity contribution in [3.63, 3.8) is 0 Å². The molecule has 0 atom stereocenters. The Morgan fingerprint density at radius 2 is 2.09 bits per heavy atom. The Kier molecular flexibility index (Phi) is 3.37. The standard InChI is InChI=1S/C9H14O2/c1-8(2)4-3-5-9-10-6-7-11-9/h3,9H,5-7H2,1-2H3. The summed E-state index contributed by atoms with van der Waals surface area (Å²) in [7, 11) is 0. The minimum absolute atomic E-state index is 0.0261. The van der Waals surface area contributed by atoms with Crippen LogP contribution in [0, 0.1) is 0 Å². The molecule has 0 aromatic rings. The lowest BCUT2D eigenvalue weighted by Crippen LogP contribution is -2.04. The molecule has 2 heteroatoms. The molecular weight excluding hydrogens is 140 g/mol. The molecule has 1 heterocycles. The number of rotatable bonds is 2. The monoisotopic (exact) mass is 154 g/mol. The average Bonchev–Trinajstić information content (AvgIpc) is 2.39. The first-order valence-electron chi connectivity index (χ1n) is 3.90. The minimum atomic E-state index is -0.0261. The zero-order valence-corrected chi connectivity index (χ0v) is 7.09. The number of ether oxygens (including phenoxy) is 2. The number of hydrogen-bond acceptors (Lipinski definition) is 2. The van der Waals surface area contributed by atoms with Crippen LogP contribution in [0.5, 0.6) is 0 Å². The van der Waals surface area contributed by atoms with Crippen molar-refractivity contribution in [2.75, 3.05) is 13.2 Å². The van der Waals surface area contributed by atoms with E-state index in [-0.39, 0.29) is 6.29 Å². The highest BCUT2D eigenvalue weighted by atomic mass is 16.7. The Morgan fingerprint density at radius 3 is 2.64 bits per heavy atom. The third-order valence-corrected chi connectivity index (χ3v) is 1.39. The van der Waals surface area contributed by atoms with Crippen molar-refractivity contribution in [3.8, 4) is 0 Å². The van der Waals surface area contributed by atoms with E-state index >= 15 is 0 Å². The molecular formula is C9H14O2. The molecule has 1 saturated heterocycles. The van der Waals surface area contributed by atoms with Gasteiger partial charge in [-0.25, -0.2) is 0 Å². The Labute approximate surface area is 67.5 Å². The Bertz CT molecular complexity index is 168. The highest BCUT2D eigenvalue weighted by molar-refractivity contribution is 4.94. The van der Waals surface area contributed by atoms with E-state index in [2.05, 4.69) is 5.73 Å². The summed E-state index contributed by atoms with van der Waals surface area (Å²) in [6.45, 7) is 5.50. The van der Waals surface area contributed by atoms with Crippen LogP contribution < -0.4 is 0 Å². The van der Waals surface area contributed by atoms with Crippen LogP contribution in [0.1, 0.15) is 20.3 Å². The Morgan fingerprint density at radius 1 is 1.45 bits per heavy atom. The van der Waals surface area contributed by atoms with Crippen LogP contribution in [0.3, 0.4) is 0 Å². The molecule has 0 spiro atoms. The molecule has 0 bridgehead atoms. The molecule has 0 aliphatic carbocycles. The van der Waals surface area contributed by atoms with Gasteiger partial charge in [0.1, 0.15) is 0 Å². The molecule has 1 aliphatic rings. The van der Waals surface area contributed by atoms with Crippen LogP contribution in [0.25, 0.3) is 0 Å². The first-order valence-corrected chi connectivity index (χ1v) is 3.90. The third kappa shape index (κ3) is 3.38. The molecule has 0 aromatic carbocycles. The van der Waals surface area contributed by atoms with Crippen LogP contribution in [0.15, 0.2) is 17.4 Å². The van der Waals surface area contributed by atoms with E-state index in [4.69, 9.17) is 9.47 Å². The normalized spacial score (nSPS) is 18.0. The quantitative estimate of drug-likeness (QED) is 0.565. The molecule has 11 heavy (non-hydrogen) atoms. The molecule has 0 aromatic heterocycles. The first-order chi connectivity index (χ1) is 5.29. The molecule has 0 N–H and O–H groups in total. The van der Waals surface area contributed by atoms with E-state index in [1.54, 1.807) is 0 Å². The topological polar surface area (TPSA) is 18.5 Å². The van der Waals surface area contributed by atoms with Crippen LogP contribution in [0.4, 0.5) is 0 Å². The highest BCUT2D eigenvalue weighted by Gasteiger charge is 2.12. The number of hydrogen-bond donors (Lipinski definition) is 0. The second-order valence-corrected chi connectivity index (χ2v) is 2.76. The molecule has 1 aliphatic heterocycles. The second-order valence-electron chi connectivity index (χ2n) is 2.76. The third-order valence-electron chi connectivity index (χ3n) is 1.39. The van der Waals surface area contributed by atoms with Gasteiger partial charge in [0.05, 0.1) is 13.2 Å². The van der Waals surface area contributed by atoms with Gasteiger partial charge in [0.25, 0.3) is 0 Å². The van der Waals surface area contributed by atoms with Gasteiger partial charge in [-0.15, -0.1) is 5.73 Å². The van der Waals surface area contributed by atoms with Gasteiger partial charge in [0, 0.05) is 6.42 Å². The van der Waals surface area contributed by atoms with Crippen molar-refractivity contribution < 1.29 is 9.47 Å². The van der Waals surface area contributed by atoms with Gasteiger partial charge in [0.2, 0.25) is 0 Å². The van der Waals surface area contributed by atoms with Crippen LogP contribution in [0.2, 0.25) is 0 Å². The SMILES string of the molecule is CC(C)=C=CCC1OCCO1. The summed E-state index contributed by atoms with van der Waals surface area (Å²) in [4.78, 5) is 0. The van der Waals surface area contributed by atoms with Crippen LogP contribution in [-0.2, 0) is 9.47 Å². The summed E-state index contributed by atoms with van der Waals surface area (Å²) in [5.41, 5.74) is 4.29. The van der Waals surface area contributed by atoms with Gasteiger partial charge >= 0.3 is 0 Å². The van der Waals surface area contributed by atoms with Crippen molar-refractivity contribution >= 4 is 0 Å². The Balaban J connectivity index is 2.26. The van der Waals surface area contributed by atoms with Crippen LogP contribution >= 0.6 is 0 Å². The lowest BCUT2D eigenvalue weighted by atomic mass is 10.3. The van der Waals surface area contributed by atoms with Crippen molar-refractivity contribution in [3.05, 3.63) is 17.4 Å². The fourth-order valence-corrected chi connectivity index (χ4v) is 0.903. The summed E-state index contributed by atoms with van der Waals surface area (Å²) in [6, 6.07) is 0. The van der Waals surface area contributed by atoms with E-state index < -0.39 is 0 Å². The summed E-state index contributed by atoms with van der Waals surface area (Å²) in [6.07, 6.45) is 2.75. The average molecular weight is 154 g/mol. The molecule has 62 valence electrons. The fraction of sp³-hybridized carbons (Fsp3) is 0.667. The molecule has 0 saturated carbocycles. The lowest BCUT2D eigenvalue weighted by Gasteiger charge is -2.02.